The van der Waals surface area contributed by atoms with Crippen LogP contribution >= 0.6 is 0 Å². The van der Waals surface area contributed by atoms with Crippen LogP contribution in [0.4, 0.5) is 0 Å². The Bertz CT molecular complexity index is 469. The second kappa shape index (κ2) is 6.58. The number of nitrogens with zero attached hydrogens (tertiary/aromatic N) is 1. The molecule has 4 nitrogen and oxygen atoms in total. The van der Waals surface area contributed by atoms with Crippen molar-refractivity contribution in [1.29, 1.82) is 0 Å². The van der Waals surface area contributed by atoms with Crippen LogP contribution in [0.2, 0.25) is 0 Å². The third-order valence-corrected chi connectivity index (χ3v) is 3.63. The normalized spacial score (nSPS) is 17.7. The van der Waals surface area contributed by atoms with Gasteiger partial charge in [-0.25, -0.2) is 4.79 Å². The predicted octanol–water partition coefficient (Wildman–Crippen LogP) is 2.57. The number of benzene rings is 1. The summed E-state index contributed by atoms with van der Waals surface area (Å²) in [6.07, 6.45) is 2.13. The molecular weight excluding hydrogens is 264 g/mol. The van der Waals surface area contributed by atoms with Crippen molar-refractivity contribution in [3.8, 4) is 0 Å². The molecule has 1 aliphatic heterocycles. The summed E-state index contributed by atoms with van der Waals surface area (Å²) in [4.78, 5) is 14.4. The summed E-state index contributed by atoms with van der Waals surface area (Å²) in [6.45, 7) is 8.65. The molecule has 0 bridgehead atoms. The number of carbonyl (C=O) groups is 1. The number of piperidine rings is 1. The first-order chi connectivity index (χ1) is 9.83. The van der Waals surface area contributed by atoms with Gasteiger partial charge in [0.25, 0.3) is 0 Å². The quantitative estimate of drug-likeness (QED) is 0.869. The predicted molar refractivity (Wildman–Crippen MR) is 84.1 cm³/mol. The van der Waals surface area contributed by atoms with Gasteiger partial charge in [-0.15, -0.1) is 0 Å². The van der Waals surface area contributed by atoms with E-state index in [9.17, 15) is 4.79 Å². The molecule has 0 atom stereocenters. The van der Waals surface area contributed by atoms with E-state index in [1.54, 1.807) is 0 Å². The van der Waals surface area contributed by atoms with Gasteiger partial charge in [0.2, 0.25) is 0 Å². The van der Waals surface area contributed by atoms with E-state index in [0.29, 0.717) is 11.6 Å². The zero-order valence-corrected chi connectivity index (χ0v) is 13.3. The summed E-state index contributed by atoms with van der Waals surface area (Å²) in [6, 6.07) is 8.07. The Balaban J connectivity index is 1.91. The average molecular weight is 290 g/mol. The summed E-state index contributed by atoms with van der Waals surface area (Å²) in [5.74, 6) is -0.266. The smallest absolute Gasteiger partial charge is 0.338 e. The van der Waals surface area contributed by atoms with Crippen LogP contribution in [-0.4, -0.2) is 35.6 Å². The average Bonchev–Trinajstić information content (AvgIpc) is 2.40. The molecule has 2 rings (SSSR count). The molecule has 0 aromatic heterocycles. The molecule has 116 valence electrons. The minimum Gasteiger partial charge on any atom is -0.456 e. The van der Waals surface area contributed by atoms with Gasteiger partial charge in [-0.1, -0.05) is 12.1 Å². The fourth-order valence-electron chi connectivity index (χ4n) is 2.45. The number of hydrogen-bond donors (Lipinski definition) is 1. The molecule has 1 aromatic carbocycles. The van der Waals surface area contributed by atoms with Crippen molar-refractivity contribution < 1.29 is 9.53 Å². The maximum Gasteiger partial charge on any atom is 0.338 e. The van der Waals surface area contributed by atoms with E-state index in [2.05, 4.69) is 4.90 Å². The van der Waals surface area contributed by atoms with Gasteiger partial charge in [-0.05, 0) is 64.4 Å². The Kier molecular flexibility index (Phi) is 5.01. The molecule has 1 fully saturated rings. The number of esters is 1. The van der Waals surface area contributed by atoms with Crippen LogP contribution in [0.1, 0.15) is 49.5 Å². The molecular formula is C17H26N2O2. The number of hydrogen-bond acceptors (Lipinski definition) is 4. The molecule has 0 spiro atoms. The maximum atomic E-state index is 12.0. The number of ether oxygens (including phenoxy) is 1. The molecule has 21 heavy (non-hydrogen) atoms. The Labute approximate surface area is 127 Å². The molecule has 0 radical (unpaired) electrons. The van der Waals surface area contributed by atoms with Crippen LogP contribution < -0.4 is 5.73 Å². The van der Waals surface area contributed by atoms with Crippen molar-refractivity contribution in [1.82, 2.24) is 4.90 Å². The Morgan fingerprint density at radius 2 is 1.81 bits per heavy atom. The molecule has 1 saturated heterocycles. The van der Waals surface area contributed by atoms with Crippen LogP contribution in [0.3, 0.4) is 0 Å². The van der Waals surface area contributed by atoms with Gasteiger partial charge in [0, 0.05) is 12.6 Å². The van der Waals surface area contributed by atoms with Crippen LogP contribution in [0.5, 0.6) is 0 Å². The summed E-state index contributed by atoms with van der Waals surface area (Å²) in [5.41, 5.74) is 7.29. The standard InChI is InChI=1S/C17H26N2O2/c1-17(2,3)21-16(20)14-6-4-13(5-7-14)12-19-10-8-15(18)9-11-19/h4-7,15H,8-12,18H2,1-3H3. The summed E-state index contributed by atoms with van der Waals surface area (Å²) >= 11 is 0. The third kappa shape index (κ3) is 5.14. The van der Waals surface area contributed by atoms with Gasteiger partial charge >= 0.3 is 5.97 Å². The van der Waals surface area contributed by atoms with Crippen molar-refractivity contribution >= 4 is 5.97 Å². The fraction of sp³-hybridized carbons (Fsp3) is 0.588. The van der Waals surface area contributed by atoms with Crippen LogP contribution in [-0.2, 0) is 11.3 Å². The lowest BCUT2D eigenvalue weighted by atomic mass is 10.0. The first-order valence-electron chi connectivity index (χ1n) is 7.64. The highest BCUT2D eigenvalue weighted by molar-refractivity contribution is 5.89. The van der Waals surface area contributed by atoms with Gasteiger partial charge < -0.3 is 10.5 Å². The number of carbonyl (C=O) groups excluding carboxylic acids is 1. The summed E-state index contributed by atoms with van der Waals surface area (Å²) in [7, 11) is 0. The number of rotatable bonds is 3. The van der Waals surface area contributed by atoms with Gasteiger partial charge in [-0.3, -0.25) is 4.90 Å². The van der Waals surface area contributed by atoms with Gasteiger partial charge in [0.15, 0.2) is 0 Å². The lowest BCUT2D eigenvalue weighted by Crippen LogP contribution is -2.39. The molecule has 0 unspecified atom stereocenters. The van der Waals surface area contributed by atoms with E-state index >= 15 is 0 Å². The monoisotopic (exact) mass is 290 g/mol. The minimum absolute atomic E-state index is 0.266. The first kappa shape index (κ1) is 16.0. The zero-order valence-electron chi connectivity index (χ0n) is 13.3. The van der Waals surface area contributed by atoms with Crippen LogP contribution in [0.15, 0.2) is 24.3 Å². The third-order valence-electron chi connectivity index (χ3n) is 3.63. The fourth-order valence-corrected chi connectivity index (χ4v) is 2.45. The van der Waals surface area contributed by atoms with Crippen molar-refractivity contribution in [3.63, 3.8) is 0 Å². The molecule has 0 saturated carbocycles. The molecule has 1 aliphatic rings. The second-order valence-electron chi connectivity index (χ2n) is 6.81. The molecule has 1 aromatic rings. The number of nitrogens with two attached hydrogens (primary N) is 1. The van der Waals surface area contributed by atoms with Gasteiger partial charge in [-0.2, -0.15) is 0 Å². The minimum atomic E-state index is -0.456. The largest absolute Gasteiger partial charge is 0.456 e. The highest BCUT2D eigenvalue weighted by Gasteiger charge is 2.18. The maximum absolute atomic E-state index is 12.0. The molecule has 1 heterocycles. The lowest BCUT2D eigenvalue weighted by Gasteiger charge is -2.30. The number of likely N-dealkylation sites (tertiary alicyclic amines) is 1. The van der Waals surface area contributed by atoms with E-state index in [1.165, 1.54) is 5.56 Å². The van der Waals surface area contributed by atoms with Crippen molar-refractivity contribution in [3.05, 3.63) is 35.4 Å². The van der Waals surface area contributed by atoms with Crippen LogP contribution in [0.25, 0.3) is 0 Å². The first-order valence-corrected chi connectivity index (χ1v) is 7.64. The zero-order chi connectivity index (χ0) is 15.5. The van der Waals surface area contributed by atoms with E-state index in [0.717, 1.165) is 32.5 Å². The van der Waals surface area contributed by atoms with Gasteiger partial charge in [0.1, 0.15) is 5.60 Å². The lowest BCUT2D eigenvalue weighted by molar-refractivity contribution is 0.00695. The Hall–Kier alpha value is -1.39. The van der Waals surface area contributed by atoms with E-state index in [4.69, 9.17) is 10.5 Å². The van der Waals surface area contributed by atoms with Crippen LogP contribution in [0, 0.1) is 0 Å². The summed E-state index contributed by atoms with van der Waals surface area (Å²) < 4.78 is 5.36. The summed E-state index contributed by atoms with van der Waals surface area (Å²) in [5, 5.41) is 0. The molecule has 4 heteroatoms. The molecule has 0 aliphatic carbocycles. The van der Waals surface area contributed by atoms with Crippen molar-refractivity contribution in [2.45, 2.75) is 51.8 Å². The Morgan fingerprint density at radius 3 is 2.33 bits per heavy atom. The Morgan fingerprint density at radius 1 is 1.24 bits per heavy atom. The topological polar surface area (TPSA) is 55.6 Å². The highest BCUT2D eigenvalue weighted by Crippen LogP contribution is 2.15. The van der Waals surface area contributed by atoms with E-state index < -0.39 is 5.60 Å². The molecule has 2 N–H and O–H groups in total. The SMILES string of the molecule is CC(C)(C)OC(=O)c1ccc(CN2CCC(N)CC2)cc1. The van der Waals surface area contributed by atoms with Crippen molar-refractivity contribution in [2.75, 3.05) is 13.1 Å². The molecule has 0 amide bonds. The van der Waals surface area contributed by atoms with E-state index in [1.807, 2.05) is 45.0 Å². The van der Waals surface area contributed by atoms with E-state index in [-0.39, 0.29) is 5.97 Å². The van der Waals surface area contributed by atoms with Gasteiger partial charge in [0.05, 0.1) is 5.56 Å². The highest BCUT2D eigenvalue weighted by atomic mass is 16.6. The second-order valence-corrected chi connectivity index (χ2v) is 6.81. The van der Waals surface area contributed by atoms with Crippen molar-refractivity contribution in [2.24, 2.45) is 5.73 Å².